The predicted molar refractivity (Wildman–Crippen MR) is 61.5 cm³/mol. The molecule has 5 nitrogen and oxygen atoms in total. The third-order valence-corrected chi connectivity index (χ3v) is 2.72. The van der Waals surface area contributed by atoms with Crippen molar-refractivity contribution >= 4 is 22.8 Å². The van der Waals surface area contributed by atoms with Gasteiger partial charge in [-0.2, -0.15) is 4.98 Å². The molecule has 3 rings (SSSR count). The fourth-order valence-corrected chi connectivity index (χ4v) is 1.85. The maximum atomic E-state index is 5.83. The van der Waals surface area contributed by atoms with E-state index in [0.717, 1.165) is 24.2 Å². The normalized spacial score (nSPS) is 16.9. The zero-order chi connectivity index (χ0) is 11.0. The number of hydrogen-bond donors (Lipinski definition) is 1. The van der Waals surface area contributed by atoms with Crippen LogP contribution < -0.4 is 10.6 Å². The second-order valence-corrected chi connectivity index (χ2v) is 3.79. The predicted octanol–water partition coefficient (Wildman–Crippen LogP) is 1.25. The van der Waals surface area contributed by atoms with E-state index < -0.39 is 0 Å². The van der Waals surface area contributed by atoms with Gasteiger partial charge in [0.15, 0.2) is 5.58 Å². The first-order valence-electron chi connectivity index (χ1n) is 5.32. The van der Waals surface area contributed by atoms with E-state index in [4.69, 9.17) is 14.9 Å². The van der Waals surface area contributed by atoms with E-state index in [1.807, 2.05) is 18.2 Å². The van der Waals surface area contributed by atoms with Crippen molar-refractivity contribution in [3.8, 4) is 0 Å². The van der Waals surface area contributed by atoms with E-state index in [0.29, 0.717) is 24.9 Å². The Labute approximate surface area is 92.8 Å². The molecule has 5 heteroatoms. The Kier molecular flexibility index (Phi) is 2.18. The number of hydrogen-bond acceptors (Lipinski definition) is 5. The summed E-state index contributed by atoms with van der Waals surface area (Å²) < 4.78 is 11.0. The minimum Gasteiger partial charge on any atom is -0.423 e. The van der Waals surface area contributed by atoms with Gasteiger partial charge < -0.3 is 19.8 Å². The number of para-hydroxylation sites is 1. The molecule has 0 atom stereocenters. The maximum absolute atomic E-state index is 5.83. The average Bonchev–Trinajstić information content (AvgIpc) is 2.76. The van der Waals surface area contributed by atoms with Gasteiger partial charge >= 0.3 is 0 Å². The number of nitrogens with two attached hydrogens (primary N) is 1. The summed E-state index contributed by atoms with van der Waals surface area (Å²) in [5.74, 6) is 0. The Bertz CT molecular complexity index is 503. The van der Waals surface area contributed by atoms with Crippen LogP contribution in [-0.4, -0.2) is 31.3 Å². The SMILES string of the molecule is Nc1cccc2oc(N3CCOCC3)nc12. The smallest absolute Gasteiger partial charge is 0.298 e. The standard InChI is InChI=1S/C11H13N3O2/c12-8-2-1-3-9-10(8)13-11(16-9)14-4-6-15-7-5-14/h1-3H,4-7,12H2. The van der Waals surface area contributed by atoms with Crippen molar-refractivity contribution in [1.29, 1.82) is 0 Å². The van der Waals surface area contributed by atoms with Crippen molar-refractivity contribution in [2.24, 2.45) is 0 Å². The fourth-order valence-electron chi connectivity index (χ4n) is 1.85. The third-order valence-electron chi connectivity index (χ3n) is 2.72. The van der Waals surface area contributed by atoms with Crippen molar-refractivity contribution < 1.29 is 9.15 Å². The summed E-state index contributed by atoms with van der Waals surface area (Å²) in [6.07, 6.45) is 0. The molecule has 0 radical (unpaired) electrons. The van der Waals surface area contributed by atoms with Gasteiger partial charge in [0.2, 0.25) is 0 Å². The second kappa shape index (κ2) is 3.68. The quantitative estimate of drug-likeness (QED) is 0.731. The average molecular weight is 219 g/mol. The number of benzene rings is 1. The molecule has 1 aliphatic rings. The van der Waals surface area contributed by atoms with Crippen molar-refractivity contribution in [2.75, 3.05) is 36.9 Å². The molecule has 2 N–H and O–H groups in total. The lowest BCUT2D eigenvalue weighted by Crippen LogP contribution is -2.36. The van der Waals surface area contributed by atoms with Gasteiger partial charge in [0.05, 0.1) is 18.9 Å². The first kappa shape index (κ1) is 9.47. The van der Waals surface area contributed by atoms with Crippen LogP contribution in [0, 0.1) is 0 Å². The molecule has 0 unspecified atom stereocenters. The van der Waals surface area contributed by atoms with Crippen LogP contribution in [0.4, 0.5) is 11.7 Å². The number of aromatic nitrogens is 1. The monoisotopic (exact) mass is 219 g/mol. The Hall–Kier alpha value is -1.75. The summed E-state index contributed by atoms with van der Waals surface area (Å²) in [5, 5.41) is 0. The lowest BCUT2D eigenvalue weighted by atomic mass is 10.3. The minimum atomic E-state index is 0.635. The van der Waals surface area contributed by atoms with Crippen LogP contribution in [0.5, 0.6) is 0 Å². The van der Waals surface area contributed by atoms with Gasteiger partial charge in [-0.25, -0.2) is 0 Å². The molecule has 2 heterocycles. The highest BCUT2D eigenvalue weighted by Gasteiger charge is 2.17. The highest BCUT2D eigenvalue weighted by molar-refractivity contribution is 5.86. The van der Waals surface area contributed by atoms with E-state index in [1.165, 1.54) is 0 Å². The van der Waals surface area contributed by atoms with Crippen LogP contribution in [0.1, 0.15) is 0 Å². The van der Waals surface area contributed by atoms with Crippen LogP contribution >= 0.6 is 0 Å². The van der Waals surface area contributed by atoms with Gasteiger partial charge in [-0.05, 0) is 12.1 Å². The molecule has 0 amide bonds. The number of morpholine rings is 1. The Balaban J connectivity index is 2.01. The van der Waals surface area contributed by atoms with Crippen molar-refractivity contribution in [1.82, 2.24) is 4.98 Å². The van der Waals surface area contributed by atoms with Gasteiger partial charge in [-0.3, -0.25) is 0 Å². The Morgan fingerprint density at radius 2 is 2.06 bits per heavy atom. The fraction of sp³-hybridized carbons (Fsp3) is 0.364. The van der Waals surface area contributed by atoms with Crippen LogP contribution in [-0.2, 0) is 4.74 Å². The van der Waals surface area contributed by atoms with Crippen LogP contribution in [0.3, 0.4) is 0 Å². The zero-order valence-corrected chi connectivity index (χ0v) is 8.85. The lowest BCUT2D eigenvalue weighted by Gasteiger charge is -2.24. The highest BCUT2D eigenvalue weighted by atomic mass is 16.5. The minimum absolute atomic E-state index is 0.635. The molecule has 0 saturated carbocycles. The molecular formula is C11H13N3O2. The summed E-state index contributed by atoms with van der Waals surface area (Å²) in [6, 6.07) is 6.21. The topological polar surface area (TPSA) is 64.5 Å². The lowest BCUT2D eigenvalue weighted by molar-refractivity contribution is 0.120. The summed E-state index contributed by atoms with van der Waals surface area (Å²) in [7, 11) is 0. The highest BCUT2D eigenvalue weighted by Crippen LogP contribution is 2.26. The molecule has 16 heavy (non-hydrogen) atoms. The van der Waals surface area contributed by atoms with Crippen LogP contribution in [0.15, 0.2) is 22.6 Å². The Morgan fingerprint density at radius 1 is 1.25 bits per heavy atom. The molecular weight excluding hydrogens is 206 g/mol. The molecule has 1 saturated heterocycles. The van der Waals surface area contributed by atoms with Crippen molar-refractivity contribution in [3.05, 3.63) is 18.2 Å². The van der Waals surface area contributed by atoms with E-state index in [-0.39, 0.29) is 0 Å². The van der Waals surface area contributed by atoms with Gasteiger partial charge in [-0.15, -0.1) is 0 Å². The number of anilines is 2. The third kappa shape index (κ3) is 1.49. The Morgan fingerprint density at radius 3 is 2.81 bits per heavy atom. The van der Waals surface area contributed by atoms with E-state index in [1.54, 1.807) is 0 Å². The van der Waals surface area contributed by atoms with Crippen LogP contribution in [0.25, 0.3) is 11.1 Å². The summed E-state index contributed by atoms with van der Waals surface area (Å²) in [6.45, 7) is 3.06. The number of fused-ring (bicyclic) bond motifs is 1. The van der Waals surface area contributed by atoms with E-state index in [2.05, 4.69) is 9.88 Å². The van der Waals surface area contributed by atoms with Crippen molar-refractivity contribution in [3.63, 3.8) is 0 Å². The molecule has 0 bridgehead atoms. The molecule has 1 aromatic heterocycles. The number of nitrogen functional groups attached to an aromatic ring is 1. The zero-order valence-electron chi connectivity index (χ0n) is 8.85. The number of rotatable bonds is 1. The van der Waals surface area contributed by atoms with Crippen molar-refractivity contribution in [2.45, 2.75) is 0 Å². The molecule has 2 aromatic rings. The van der Waals surface area contributed by atoms with E-state index in [9.17, 15) is 0 Å². The van der Waals surface area contributed by atoms with Crippen LogP contribution in [0.2, 0.25) is 0 Å². The molecule has 1 fully saturated rings. The first-order valence-corrected chi connectivity index (χ1v) is 5.32. The first-order chi connectivity index (χ1) is 7.84. The number of ether oxygens (including phenoxy) is 1. The summed E-state index contributed by atoms with van der Waals surface area (Å²) >= 11 is 0. The molecule has 0 aliphatic carbocycles. The van der Waals surface area contributed by atoms with Gasteiger partial charge in [0.1, 0.15) is 5.52 Å². The second-order valence-electron chi connectivity index (χ2n) is 3.79. The van der Waals surface area contributed by atoms with Gasteiger partial charge in [0.25, 0.3) is 6.01 Å². The van der Waals surface area contributed by atoms with Gasteiger partial charge in [-0.1, -0.05) is 6.07 Å². The number of oxazole rings is 1. The maximum Gasteiger partial charge on any atom is 0.298 e. The number of nitrogens with zero attached hydrogens (tertiary/aromatic N) is 2. The largest absolute Gasteiger partial charge is 0.423 e. The molecule has 84 valence electrons. The van der Waals surface area contributed by atoms with Gasteiger partial charge in [0, 0.05) is 13.1 Å². The molecule has 0 spiro atoms. The molecule has 1 aromatic carbocycles. The summed E-state index contributed by atoms with van der Waals surface area (Å²) in [5.41, 5.74) is 7.96. The molecule has 1 aliphatic heterocycles. The summed E-state index contributed by atoms with van der Waals surface area (Å²) in [4.78, 5) is 6.49. The van der Waals surface area contributed by atoms with E-state index >= 15 is 0 Å².